The van der Waals surface area contributed by atoms with Crippen molar-refractivity contribution in [2.45, 2.75) is 46.2 Å². The average Bonchev–Trinajstić information content (AvgIpc) is 3.18. The van der Waals surface area contributed by atoms with Crippen LogP contribution in [0.15, 0.2) is 51.8 Å². The highest BCUT2D eigenvalue weighted by molar-refractivity contribution is 5.93. The number of azo groups is 1. The van der Waals surface area contributed by atoms with Crippen LogP contribution >= 0.6 is 0 Å². The molecular weight excluding hydrogens is 420 g/mol. The van der Waals surface area contributed by atoms with E-state index >= 15 is 0 Å². The highest BCUT2D eigenvalue weighted by Gasteiger charge is 2.21. The lowest BCUT2D eigenvalue weighted by Crippen LogP contribution is -2.36. The second-order valence-corrected chi connectivity index (χ2v) is 8.69. The number of hydrogen-bond donors (Lipinski definition) is 4. The first kappa shape index (κ1) is 24.4. The Balaban J connectivity index is 1.89. The zero-order chi connectivity index (χ0) is 24.1. The van der Waals surface area contributed by atoms with E-state index in [0.717, 1.165) is 22.2 Å². The Bertz CT molecular complexity index is 1100. The molecule has 1 aromatic heterocycles. The molecule has 10 heteroatoms. The number of carbonyl (C=O) groups is 1. The SMILES string of the molecule is COC[C@H](N)CNC1=C\CC(C)/C(Nc2cc(C)c3c(cnn3C(C)C)c2)=C(C(N)=O)/N=N\1. The van der Waals surface area contributed by atoms with E-state index in [0.29, 0.717) is 31.1 Å². The Kier molecular flexibility index (Phi) is 7.83. The molecule has 0 spiro atoms. The number of benzene rings is 1. The van der Waals surface area contributed by atoms with Crippen molar-refractivity contribution in [3.8, 4) is 0 Å². The largest absolute Gasteiger partial charge is 0.383 e. The molecular formula is C23H34N8O2. The lowest BCUT2D eigenvalue weighted by atomic mass is 10.00. The Labute approximate surface area is 194 Å². The van der Waals surface area contributed by atoms with E-state index in [1.54, 1.807) is 7.11 Å². The molecule has 33 heavy (non-hydrogen) atoms. The molecule has 3 rings (SSSR count). The van der Waals surface area contributed by atoms with Crippen LogP contribution in [0.2, 0.25) is 0 Å². The number of anilines is 1. The summed E-state index contributed by atoms with van der Waals surface area (Å²) in [5, 5.41) is 20.4. The minimum atomic E-state index is -0.643. The number of ether oxygens (including phenoxy) is 1. The molecule has 2 aromatic rings. The number of fused-ring (bicyclic) bond motifs is 1. The smallest absolute Gasteiger partial charge is 0.271 e. The summed E-state index contributed by atoms with van der Waals surface area (Å²) in [6, 6.07) is 4.13. The van der Waals surface area contributed by atoms with Crippen molar-refractivity contribution >= 4 is 22.5 Å². The van der Waals surface area contributed by atoms with Crippen LogP contribution in [-0.4, -0.2) is 42.0 Å². The van der Waals surface area contributed by atoms with Crippen LogP contribution in [0.4, 0.5) is 5.69 Å². The Hall–Kier alpha value is -3.24. The molecule has 2 heterocycles. The van der Waals surface area contributed by atoms with E-state index in [2.05, 4.69) is 39.8 Å². The lowest BCUT2D eigenvalue weighted by Gasteiger charge is -2.21. The number of nitrogens with one attached hydrogen (secondary N) is 2. The fourth-order valence-corrected chi connectivity index (χ4v) is 3.84. The summed E-state index contributed by atoms with van der Waals surface area (Å²) in [5.74, 6) is -0.147. The molecule has 2 atom stereocenters. The second-order valence-electron chi connectivity index (χ2n) is 8.69. The molecule has 1 aliphatic rings. The van der Waals surface area contributed by atoms with E-state index in [1.807, 2.05) is 42.9 Å². The van der Waals surface area contributed by atoms with Crippen LogP contribution in [0.1, 0.15) is 38.8 Å². The molecule has 1 amide bonds. The molecule has 178 valence electrons. The van der Waals surface area contributed by atoms with Gasteiger partial charge in [-0.05, 0) is 51.0 Å². The Morgan fingerprint density at radius 2 is 2.09 bits per heavy atom. The van der Waals surface area contributed by atoms with Gasteiger partial charge in [-0.15, -0.1) is 10.2 Å². The summed E-state index contributed by atoms with van der Waals surface area (Å²) >= 11 is 0. The number of aromatic nitrogens is 2. The molecule has 0 aliphatic carbocycles. The first-order valence-corrected chi connectivity index (χ1v) is 11.1. The third-order valence-corrected chi connectivity index (χ3v) is 5.48. The molecule has 10 nitrogen and oxygen atoms in total. The number of nitrogens with zero attached hydrogens (tertiary/aromatic N) is 4. The molecule has 1 aromatic carbocycles. The number of rotatable bonds is 9. The Morgan fingerprint density at radius 3 is 2.76 bits per heavy atom. The zero-order valence-electron chi connectivity index (χ0n) is 19.9. The van der Waals surface area contributed by atoms with Crippen LogP contribution in [0.5, 0.6) is 0 Å². The van der Waals surface area contributed by atoms with E-state index in [-0.39, 0.29) is 23.7 Å². The van der Waals surface area contributed by atoms with Crippen LogP contribution < -0.4 is 22.1 Å². The lowest BCUT2D eigenvalue weighted by molar-refractivity contribution is -0.114. The van der Waals surface area contributed by atoms with Gasteiger partial charge in [0.25, 0.3) is 5.91 Å². The van der Waals surface area contributed by atoms with Crippen molar-refractivity contribution in [1.82, 2.24) is 15.1 Å². The summed E-state index contributed by atoms with van der Waals surface area (Å²) in [4.78, 5) is 12.3. The van der Waals surface area contributed by atoms with Crippen molar-refractivity contribution in [3.63, 3.8) is 0 Å². The van der Waals surface area contributed by atoms with Gasteiger partial charge in [0.05, 0.1) is 24.0 Å². The number of amides is 1. The molecule has 0 bridgehead atoms. The minimum Gasteiger partial charge on any atom is -0.383 e. The molecule has 6 N–H and O–H groups in total. The quantitative estimate of drug-likeness (QED) is 0.458. The molecule has 0 saturated heterocycles. The van der Waals surface area contributed by atoms with Crippen LogP contribution in [0.3, 0.4) is 0 Å². The van der Waals surface area contributed by atoms with Crippen LogP contribution in [0.25, 0.3) is 10.9 Å². The highest BCUT2D eigenvalue weighted by atomic mass is 16.5. The fourth-order valence-electron chi connectivity index (χ4n) is 3.84. The third-order valence-electron chi connectivity index (χ3n) is 5.48. The summed E-state index contributed by atoms with van der Waals surface area (Å²) in [5.41, 5.74) is 15.4. The van der Waals surface area contributed by atoms with Gasteiger partial charge in [0.1, 0.15) is 5.82 Å². The van der Waals surface area contributed by atoms with Gasteiger partial charge in [0.2, 0.25) is 0 Å². The summed E-state index contributed by atoms with van der Waals surface area (Å²) in [6.45, 7) is 9.16. The minimum absolute atomic E-state index is 0.0504. The van der Waals surface area contributed by atoms with Gasteiger partial charge in [-0.1, -0.05) is 6.92 Å². The van der Waals surface area contributed by atoms with Gasteiger partial charge in [0, 0.05) is 42.7 Å². The van der Waals surface area contributed by atoms with E-state index < -0.39 is 5.91 Å². The highest BCUT2D eigenvalue weighted by Crippen LogP contribution is 2.30. The number of carbonyl (C=O) groups excluding carboxylic acids is 1. The maximum atomic E-state index is 12.3. The third kappa shape index (κ3) is 5.77. The normalized spacial score (nSPS) is 22.4. The van der Waals surface area contributed by atoms with Gasteiger partial charge in [0.15, 0.2) is 5.70 Å². The van der Waals surface area contributed by atoms with Gasteiger partial charge >= 0.3 is 0 Å². The maximum Gasteiger partial charge on any atom is 0.271 e. The van der Waals surface area contributed by atoms with Crippen LogP contribution in [-0.2, 0) is 9.53 Å². The number of nitrogens with two attached hydrogens (primary N) is 2. The number of aryl methyl sites for hydroxylation is 1. The first-order chi connectivity index (χ1) is 15.7. The second kappa shape index (κ2) is 10.6. The number of hydrogen-bond acceptors (Lipinski definition) is 8. The fraction of sp³-hybridized carbons (Fsp3) is 0.478. The average molecular weight is 455 g/mol. The molecule has 1 aliphatic heterocycles. The number of allylic oxidation sites excluding steroid dienone is 2. The van der Waals surface area contributed by atoms with E-state index in [4.69, 9.17) is 16.2 Å². The molecule has 0 radical (unpaired) electrons. The molecule has 1 unspecified atom stereocenters. The van der Waals surface area contributed by atoms with Crippen molar-refractivity contribution in [2.75, 3.05) is 25.6 Å². The zero-order valence-corrected chi connectivity index (χ0v) is 19.9. The van der Waals surface area contributed by atoms with Crippen molar-refractivity contribution < 1.29 is 9.53 Å². The van der Waals surface area contributed by atoms with Crippen molar-refractivity contribution in [1.29, 1.82) is 0 Å². The van der Waals surface area contributed by atoms with Crippen molar-refractivity contribution in [2.24, 2.45) is 27.6 Å². The topological polar surface area (TPSA) is 145 Å². The van der Waals surface area contributed by atoms with Crippen LogP contribution in [0, 0.1) is 12.8 Å². The summed E-state index contributed by atoms with van der Waals surface area (Å²) in [7, 11) is 1.60. The predicted molar refractivity (Wildman–Crippen MR) is 129 cm³/mol. The standard InChI is InChI=1S/C23H34N8O2/c1-13(2)31-22-15(4)8-18(9-16(22)10-27-31)28-20-14(3)6-7-19(26-11-17(24)12-33-5)29-30-21(20)23(25)32/h7-10,13-14,17,26,28H,6,11-12,24H2,1-5H3,(H2,25,32)/b19-7+,21-20-,30-29-/t14?,17-/m1/s1. The van der Waals surface area contributed by atoms with E-state index in [9.17, 15) is 4.79 Å². The predicted octanol–water partition coefficient (Wildman–Crippen LogP) is 2.93. The first-order valence-electron chi connectivity index (χ1n) is 11.1. The number of methoxy groups -OCH3 is 1. The van der Waals surface area contributed by atoms with Gasteiger partial charge < -0.3 is 26.8 Å². The molecule has 0 saturated carbocycles. The van der Waals surface area contributed by atoms with Gasteiger partial charge in [-0.25, -0.2) is 0 Å². The van der Waals surface area contributed by atoms with E-state index in [1.165, 1.54) is 0 Å². The maximum absolute atomic E-state index is 12.3. The van der Waals surface area contributed by atoms with Gasteiger partial charge in [-0.2, -0.15) is 5.10 Å². The van der Waals surface area contributed by atoms with Crippen molar-refractivity contribution in [3.05, 3.63) is 47.2 Å². The van der Waals surface area contributed by atoms with Gasteiger partial charge in [-0.3, -0.25) is 9.48 Å². The molecule has 0 fully saturated rings. The summed E-state index contributed by atoms with van der Waals surface area (Å²) in [6.07, 6.45) is 4.42. The monoisotopic (exact) mass is 454 g/mol. The Morgan fingerprint density at radius 1 is 1.33 bits per heavy atom. The number of primary amides is 1. The summed E-state index contributed by atoms with van der Waals surface area (Å²) < 4.78 is 7.06.